The Morgan fingerprint density at radius 3 is 2.82 bits per heavy atom. The van der Waals surface area contributed by atoms with E-state index in [2.05, 4.69) is 25.6 Å². The molecule has 22 heavy (non-hydrogen) atoms. The van der Waals surface area contributed by atoms with E-state index in [9.17, 15) is 5.11 Å². The van der Waals surface area contributed by atoms with Gasteiger partial charge in [0.15, 0.2) is 6.23 Å². The number of nitrogens with two attached hydrogens (primary N) is 1. The molecule has 7 nitrogen and oxygen atoms in total. The quantitative estimate of drug-likeness (QED) is 0.630. The van der Waals surface area contributed by atoms with Gasteiger partial charge in [-0.2, -0.15) is 0 Å². The average molecular weight is 296 g/mol. The van der Waals surface area contributed by atoms with E-state index >= 15 is 0 Å². The Hall–Kier alpha value is -2.93. The molecule has 1 unspecified atom stereocenters. The first-order valence-corrected chi connectivity index (χ1v) is 6.80. The predicted octanol–water partition coefficient (Wildman–Crippen LogP) is 1.13. The summed E-state index contributed by atoms with van der Waals surface area (Å²) in [4.78, 5) is 12.6. The lowest BCUT2D eigenvalue weighted by molar-refractivity contribution is 0.203. The van der Waals surface area contributed by atoms with E-state index in [1.165, 1.54) is 0 Å². The Morgan fingerprint density at radius 1 is 1.27 bits per heavy atom. The largest absolute Gasteiger partial charge is 0.382 e. The van der Waals surface area contributed by atoms with Crippen molar-refractivity contribution in [1.82, 2.24) is 15.3 Å². The number of rotatable bonds is 4. The van der Waals surface area contributed by atoms with Crippen LogP contribution in [0, 0.1) is 0 Å². The lowest BCUT2D eigenvalue weighted by Crippen LogP contribution is -2.17. The molecule has 1 aromatic carbocycles. The number of anilines is 2. The summed E-state index contributed by atoms with van der Waals surface area (Å²) < 4.78 is 0. The third-order valence-corrected chi connectivity index (χ3v) is 3.18. The third-order valence-electron chi connectivity index (χ3n) is 3.18. The van der Waals surface area contributed by atoms with Crippen LogP contribution < -0.4 is 16.4 Å². The number of aliphatic hydroxyl groups is 1. The molecule has 2 heterocycles. The first-order valence-electron chi connectivity index (χ1n) is 6.80. The number of aliphatic hydroxyl groups excluding tert-OH is 1. The van der Waals surface area contributed by atoms with Gasteiger partial charge in [0.25, 0.3) is 0 Å². The Balaban J connectivity index is 1.84. The van der Waals surface area contributed by atoms with Crippen molar-refractivity contribution in [2.75, 3.05) is 17.6 Å². The van der Waals surface area contributed by atoms with Crippen molar-refractivity contribution < 1.29 is 5.11 Å². The highest BCUT2D eigenvalue weighted by atomic mass is 16.3. The Bertz CT molecular complexity index is 713. The van der Waals surface area contributed by atoms with Gasteiger partial charge in [-0.15, -0.1) is 0 Å². The van der Waals surface area contributed by atoms with Crippen LogP contribution in [-0.4, -0.2) is 28.0 Å². The van der Waals surface area contributed by atoms with Crippen molar-refractivity contribution in [3.8, 4) is 0 Å². The molecule has 0 spiro atoms. The van der Waals surface area contributed by atoms with Crippen LogP contribution in [0.1, 0.15) is 17.6 Å². The molecule has 0 radical (unpaired) electrons. The van der Waals surface area contributed by atoms with E-state index in [0.29, 0.717) is 12.2 Å². The first-order chi connectivity index (χ1) is 10.7. The maximum absolute atomic E-state index is 10.3. The molecule has 112 valence electrons. The standard InChI is InChI=1S/C15H16N6O/c16-14-13(15(22)20-11-4-2-1-3-5-11)21-12(8-19-14)10-6-17-9-18-7-10/h1-6,8-9,15,20,22H,7H2,(H2,16,19)(H,17,18). The summed E-state index contributed by atoms with van der Waals surface area (Å²) in [5.74, 6) is 0.188. The molecule has 0 fully saturated rings. The van der Waals surface area contributed by atoms with Crippen LogP contribution in [-0.2, 0) is 0 Å². The van der Waals surface area contributed by atoms with Crippen molar-refractivity contribution in [1.29, 1.82) is 0 Å². The second kappa shape index (κ2) is 6.23. The fourth-order valence-corrected chi connectivity index (χ4v) is 2.06. The number of hydrogen-bond acceptors (Lipinski definition) is 7. The maximum atomic E-state index is 10.3. The number of nitrogens with zero attached hydrogens (tertiary/aromatic N) is 3. The minimum atomic E-state index is -1.05. The zero-order valence-electron chi connectivity index (χ0n) is 11.8. The van der Waals surface area contributed by atoms with Gasteiger partial charge in [-0.1, -0.05) is 18.2 Å². The van der Waals surface area contributed by atoms with Crippen LogP contribution in [0.2, 0.25) is 0 Å². The van der Waals surface area contributed by atoms with E-state index in [0.717, 1.165) is 11.3 Å². The number of nitrogens with one attached hydrogen (secondary N) is 2. The fraction of sp³-hybridized carbons (Fsp3) is 0.133. The number of aromatic nitrogens is 2. The van der Waals surface area contributed by atoms with Crippen LogP contribution >= 0.6 is 0 Å². The monoisotopic (exact) mass is 296 g/mol. The van der Waals surface area contributed by atoms with Crippen molar-refractivity contribution in [3.63, 3.8) is 0 Å². The van der Waals surface area contributed by atoms with Gasteiger partial charge >= 0.3 is 0 Å². The highest BCUT2D eigenvalue weighted by Crippen LogP contribution is 2.22. The van der Waals surface area contributed by atoms with Crippen molar-refractivity contribution in [2.45, 2.75) is 6.23 Å². The van der Waals surface area contributed by atoms with Crippen LogP contribution in [0.25, 0.3) is 5.57 Å². The summed E-state index contributed by atoms with van der Waals surface area (Å²) >= 11 is 0. The molecule has 2 aromatic rings. The maximum Gasteiger partial charge on any atom is 0.171 e. The highest BCUT2D eigenvalue weighted by Gasteiger charge is 2.16. The number of hydrogen-bond donors (Lipinski definition) is 4. The second-order valence-electron chi connectivity index (χ2n) is 4.74. The van der Waals surface area contributed by atoms with E-state index in [1.54, 1.807) is 18.7 Å². The van der Waals surface area contributed by atoms with Crippen molar-refractivity contribution in [3.05, 3.63) is 54.1 Å². The highest BCUT2D eigenvalue weighted by molar-refractivity contribution is 5.72. The molecule has 1 atom stereocenters. The molecule has 3 rings (SSSR count). The summed E-state index contributed by atoms with van der Waals surface area (Å²) in [7, 11) is 0. The van der Waals surface area contributed by atoms with Gasteiger partial charge in [0, 0.05) is 17.5 Å². The Kier molecular flexibility index (Phi) is 3.97. The Labute approximate surface area is 127 Å². The third kappa shape index (κ3) is 3.04. The van der Waals surface area contributed by atoms with E-state index in [4.69, 9.17) is 5.73 Å². The lowest BCUT2D eigenvalue weighted by atomic mass is 10.2. The molecule has 7 heteroatoms. The molecular weight excluding hydrogens is 280 g/mol. The predicted molar refractivity (Wildman–Crippen MR) is 85.9 cm³/mol. The van der Waals surface area contributed by atoms with Crippen molar-refractivity contribution in [2.24, 2.45) is 4.99 Å². The summed E-state index contributed by atoms with van der Waals surface area (Å²) in [6.07, 6.45) is 3.94. The molecule has 1 aliphatic heterocycles. The minimum Gasteiger partial charge on any atom is -0.382 e. The van der Waals surface area contributed by atoms with Gasteiger partial charge in [-0.25, -0.2) is 9.97 Å². The SMILES string of the molecule is Nc1ncc(C2=CNC=NC2)nc1C(O)Nc1ccccc1. The molecule has 0 saturated heterocycles. The summed E-state index contributed by atoms with van der Waals surface area (Å²) in [6.45, 7) is 0.507. The van der Waals surface area contributed by atoms with Gasteiger partial charge in [-0.05, 0) is 12.1 Å². The van der Waals surface area contributed by atoms with Gasteiger partial charge in [0.2, 0.25) is 0 Å². The number of para-hydroxylation sites is 1. The molecule has 1 aromatic heterocycles. The average Bonchev–Trinajstić information content (AvgIpc) is 2.57. The smallest absolute Gasteiger partial charge is 0.171 e. The topological polar surface area (TPSA) is 108 Å². The molecule has 5 N–H and O–H groups in total. The van der Waals surface area contributed by atoms with Gasteiger partial charge in [0.1, 0.15) is 11.5 Å². The zero-order chi connectivity index (χ0) is 15.4. The van der Waals surface area contributed by atoms with Crippen molar-refractivity contribution >= 4 is 23.4 Å². The normalized spacial score (nSPS) is 14.9. The summed E-state index contributed by atoms with van der Waals surface area (Å²) in [6, 6.07) is 9.33. The fourth-order valence-electron chi connectivity index (χ4n) is 2.06. The molecule has 0 amide bonds. The number of nitrogen functional groups attached to an aromatic ring is 1. The van der Waals surface area contributed by atoms with Crippen LogP contribution in [0.5, 0.6) is 0 Å². The van der Waals surface area contributed by atoms with E-state index < -0.39 is 6.23 Å². The summed E-state index contributed by atoms with van der Waals surface area (Å²) in [5, 5.41) is 16.2. The zero-order valence-corrected chi connectivity index (χ0v) is 11.8. The molecule has 0 bridgehead atoms. The molecule has 1 aliphatic rings. The van der Waals surface area contributed by atoms with E-state index in [1.807, 2.05) is 30.3 Å². The lowest BCUT2D eigenvalue weighted by Gasteiger charge is -2.16. The second-order valence-corrected chi connectivity index (χ2v) is 4.74. The van der Waals surface area contributed by atoms with Gasteiger partial charge < -0.3 is 21.5 Å². The first kappa shape index (κ1) is 14.0. The molecule has 0 saturated carbocycles. The van der Waals surface area contributed by atoms with Crippen LogP contribution in [0.15, 0.2) is 47.7 Å². The van der Waals surface area contributed by atoms with Gasteiger partial charge in [-0.3, -0.25) is 4.99 Å². The Morgan fingerprint density at radius 2 is 2.09 bits per heavy atom. The molecular formula is C15H16N6O. The number of aliphatic imine (C=N–C) groups is 1. The number of benzene rings is 1. The minimum absolute atomic E-state index is 0.188. The van der Waals surface area contributed by atoms with Crippen LogP contribution in [0.4, 0.5) is 11.5 Å². The van der Waals surface area contributed by atoms with E-state index in [-0.39, 0.29) is 11.5 Å². The summed E-state index contributed by atoms with van der Waals surface area (Å²) in [5.41, 5.74) is 8.40. The van der Waals surface area contributed by atoms with Crippen LogP contribution in [0.3, 0.4) is 0 Å². The molecule has 0 aliphatic carbocycles. The van der Waals surface area contributed by atoms with Gasteiger partial charge in [0.05, 0.1) is 24.8 Å².